The van der Waals surface area contributed by atoms with Crippen LogP contribution in [-0.4, -0.2) is 34.9 Å². The van der Waals surface area contributed by atoms with Crippen LogP contribution in [0.2, 0.25) is 5.02 Å². The van der Waals surface area contributed by atoms with Gasteiger partial charge in [-0.2, -0.15) is 0 Å². The molecule has 3 unspecified atom stereocenters. The zero-order valence-corrected chi connectivity index (χ0v) is 15.1. The molecule has 1 aliphatic heterocycles. The number of amides is 1. The monoisotopic (exact) mass is 361 g/mol. The van der Waals surface area contributed by atoms with Crippen molar-refractivity contribution in [3.05, 3.63) is 39.9 Å². The average Bonchev–Trinajstić information content (AvgIpc) is 3.24. The molecule has 1 aliphatic carbocycles. The molecule has 1 amide bonds. The highest BCUT2D eigenvalue weighted by molar-refractivity contribution is 7.17. The fourth-order valence-corrected chi connectivity index (χ4v) is 5.09. The van der Waals surface area contributed by atoms with Gasteiger partial charge >= 0.3 is 0 Å². The molecule has 1 saturated heterocycles. The molecule has 0 bridgehead atoms. The first kappa shape index (κ1) is 16.1. The van der Waals surface area contributed by atoms with Crippen molar-refractivity contribution in [3.63, 3.8) is 0 Å². The second-order valence-corrected chi connectivity index (χ2v) is 8.25. The van der Waals surface area contributed by atoms with Gasteiger partial charge < -0.3 is 10.6 Å². The number of aromatic nitrogens is 1. The van der Waals surface area contributed by atoms with Crippen molar-refractivity contribution in [3.8, 4) is 10.6 Å². The van der Waals surface area contributed by atoms with E-state index in [-0.39, 0.29) is 11.9 Å². The number of likely N-dealkylation sites (tertiary alicyclic amines) is 1. The molecule has 4 nitrogen and oxygen atoms in total. The summed E-state index contributed by atoms with van der Waals surface area (Å²) in [6, 6.07) is 7.82. The number of benzene rings is 1. The Kier molecular flexibility index (Phi) is 4.11. The molecule has 126 valence electrons. The Labute approximate surface area is 150 Å². The highest BCUT2D eigenvalue weighted by Gasteiger charge is 2.43. The van der Waals surface area contributed by atoms with Crippen LogP contribution in [0.3, 0.4) is 0 Å². The van der Waals surface area contributed by atoms with E-state index in [1.165, 1.54) is 11.3 Å². The number of halogens is 1. The van der Waals surface area contributed by atoms with E-state index in [2.05, 4.69) is 4.98 Å². The van der Waals surface area contributed by atoms with Crippen molar-refractivity contribution >= 4 is 28.8 Å². The number of nitrogens with zero attached hydrogens (tertiary/aromatic N) is 2. The lowest BCUT2D eigenvalue weighted by Gasteiger charge is -2.18. The highest BCUT2D eigenvalue weighted by atomic mass is 35.5. The number of nitrogens with two attached hydrogens (primary N) is 1. The van der Waals surface area contributed by atoms with Crippen LogP contribution in [0.1, 0.15) is 28.2 Å². The first-order valence-corrected chi connectivity index (χ1v) is 9.50. The molecular weight excluding hydrogens is 342 g/mol. The maximum atomic E-state index is 12.9. The summed E-state index contributed by atoms with van der Waals surface area (Å²) >= 11 is 7.41. The maximum Gasteiger partial charge on any atom is 0.265 e. The van der Waals surface area contributed by atoms with Gasteiger partial charge in [-0.3, -0.25) is 4.79 Å². The molecule has 6 heteroatoms. The summed E-state index contributed by atoms with van der Waals surface area (Å²) < 4.78 is 0. The molecule has 1 saturated carbocycles. The van der Waals surface area contributed by atoms with Gasteiger partial charge in [0.05, 0.1) is 5.69 Å². The SMILES string of the molecule is Cc1nc(-c2ccc(Cl)cc2)sc1C(=O)N1CC2CCC(N)C2C1. The zero-order valence-electron chi connectivity index (χ0n) is 13.5. The topological polar surface area (TPSA) is 59.2 Å². The van der Waals surface area contributed by atoms with E-state index < -0.39 is 0 Å². The number of carbonyl (C=O) groups excluding carboxylic acids is 1. The Balaban J connectivity index is 1.56. The molecular formula is C18H20ClN3OS. The Morgan fingerprint density at radius 3 is 2.75 bits per heavy atom. The van der Waals surface area contributed by atoms with Crippen LogP contribution >= 0.6 is 22.9 Å². The minimum absolute atomic E-state index is 0.104. The van der Waals surface area contributed by atoms with Crippen LogP contribution in [0.15, 0.2) is 24.3 Å². The molecule has 1 aromatic carbocycles. The lowest BCUT2D eigenvalue weighted by molar-refractivity contribution is 0.0783. The smallest absolute Gasteiger partial charge is 0.265 e. The summed E-state index contributed by atoms with van der Waals surface area (Å²) in [7, 11) is 0. The third kappa shape index (κ3) is 2.75. The van der Waals surface area contributed by atoms with Gasteiger partial charge in [0.15, 0.2) is 0 Å². The lowest BCUT2D eigenvalue weighted by atomic mass is 9.98. The van der Waals surface area contributed by atoms with Crippen molar-refractivity contribution in [2.24, 2.45) is 17.6 Å². The van der Waals surface area contributed by atoms with E-state index in [0.29, 0.717) is 16.9 Å². The third-order valence-electron chi connectivity index (χ3n) is 5.28. The average molecular weight is 362 g/mol. The van der Waals surface area contributed by atoms with Gasteiger partial charge in [0.1, 0.15) is 9.88 Å². The molecule has 3 atom stereocenters. The van der Waals surface area contributed by atoms with Gasteiger partial charge in [0.25, 0.3) is 5.91 Å². The Morgan fingerprint density at radius 1 is 1.29 bits per heavy atom. The molecule has 2 fully saturated rings. The predicted octanol–water partition coefficient (Wildman–Crippen LogP) is 3.58. The summed E-state index contributed by atoms with van der Waals surface area (Å²) in [5.41, 5.74) is 7.98. The van der Waals surface area contributed by atoms with Gasteiger partial charge in [-0.1, -0.05) is 23.7 Å². The number of thiazole rings is 1. The van der Waals surface area contributed by atoms with E-state index in [1.54, 1.807) is 0 Å². The van der Waals surface area contributed by atoms with Gasteiger partial charge in [0, 0.05) is 29.7 Å². The fourth-order valence-electron chi connectivity index (χ4n) is 3.93. The highest BCUT2D eigenvalue weighted by Crippen LogP contribution is 2.38. The quantitative estimate of drug-likeness (QED) is 0.889. The second-order valence-electron chi connectivity index (χ2n) is 6.82. The summed E-state index contributed by atoms with van der Waals surface area (Å²) in [5, 5.41) is 1.56. The van der Waals surface area contributed by atoms with Gasteiger partial charge in [-0.05, 0) is 43.7 Å². The van der Waals surface area contributed by atoms with E-state index in [0.717, 1.165) is 47.1 Å². The number of aryl methyl sites for hydroxylation is 1. The lowest BCUT2D eigenvalue weighted by Crippen LogP contribution is -2.33. The second kappa shape index (κ2) is 6.14. The Hall–Kier alpha value is -1.43. The van der Waals surface area contributed by atoms with E-state index in [9.17, 15) is 4.79 Å². The molecule has 2 aromatic rings. The third-order valence-corrected chi connectivity index (χ3v) is 6.73. The van der Waals surface area contributed by atoms with Gasteiger partial charge in [-0.15, -0.1) is 11.3 Å². The van der Waals surface area contributed by atoms with Crippen LogP contribution in [0.4, 0.5) is 0 Å². The number of hydrogen-bond acceptors (Lipinski definition) is 4. The molecule has 0 spiro atoms. The van der Waals surface area contributed by atoms with Crippen LogP contribution in [0.5, 0.6) is 0 Å². The zero-order chi connectivity index (χ0) is 16.8. The van der Waals surface area contributed by atoms with Gasteiger partial charge in [-0.25, -0.2) is 4.98 Å². The summed E-state index contributed by atoms with van der Waals surface area (Å²) in [4.78, 5) is 20.2. The van der Waals surface area contributed by atoms with Crippen LogP contribution in [-0.2, 0) is 0 Å². The number of carbonyl (C=O) groups is 1. The standard InChI is InChI=1S/C18H20ClN3OS/c1-10-16(24-17(21-10)11-2-5-13(19)6-3-11)18(23)22-8-12-4-7-15(20)14(12)9-22/h2-3,5-6,12,14-15H,4,7-9,20H2,1H3. The number of hydrogen-bond donors (Lipinski definition) is 1. The molecule has 2 heterocycles. The number of fused-ring (bicyclic) bond motifs is 1. The Morgan fingerprint density at radius 2 is 2.04 bits per heavy atom. The predicted molar refractivity (Wildman–Crippen MR) is 97.4 cm³/mol. The maximum absolute atomic E-state index is 12.9. The van der Waals surface area contributed by atoms with Crippen molar-refractivity contribution < 1.29 is 4.79 Å². The summed E-state index contributed by atoms with van der Waals surface area (Å²) in [6.45, 7) is 3.54. The first-order valence-electron chi connectivity index (χ1n) is 8.31. The molecule has 1 aromatic heterocycles. The summed E-state index contributed by atoms with van der Waals surface area (Å²) in [6.07, 6.45) is 2.24. The Bertz CT molecular complexity index is 773. The molecule has 4 rings (SSSR count). The van der Waals surface area contributed by atoms with Crippen molar-refractivity contribution in [2.45, 2.75) is 25.8 Å². The van der Waals surface area contributed by atoms with E-state index >= 15 is 0 Å². The van der Waals surface area contributed by atoms with Crippen LogP contribution in [0, 0.1) is 18.8 Å². The largest absolute Gasteiger partial charge is 0.337 e. The first-order chi connectivity index (χ1) is 11.5. The molecule has 2 aliphatic rings. The van der Waals surface area contributed by atoms with Crippen LogP contribution in [0.25, 0.3) is 10.6 Å². The van der Waals surface area contributed by atoms with Crippen LogP contribution < -0.4 is 5.73 Å². The van der Waals surface area contributed by atoms with Crippen molar-refractivity contribution in [1.82, 2.24) is 9.88 Å². The van der Waals surface area contributed by atoms with Crippen molar-refractivity contribution in [2.75, 3.05) is 13.1 Å². The summed E-state index contributed by atoms with van der Waals surface area (Å²) in [5.74, 6) is 1.15. The fraction of sp³-hybridized carbons (Fsp3) is 0.444. The normalized spacial score (nSPS) is 26.0. The van der Waals surface area contributed by atoms with Gasteiger partial charge in [0.2, 0.25) is 0 Å². The van der Waals surface area contributed by atoms with Crippen molar-refractivity contribution in [1.29, 1.82) is 0 Å². The van der Waals surface area contributed by atoms with E-state index in [1.807, 2.05) is 36.1 Å². The molecule has 0 radical (unpaired) electrons. The number of rotatable bonds is 2. The minimum Gasteiger partial charge on any atom is -0.337 e. The minimum atomic E-state index is 0.104. The molecule has 2 N–H and O–H groups in total. The van der Waals surface area contributed by atoms with E-state index in [4.69, 9.17) is 17.3 Å². The molecule has 24 heavy (non-hydrogen) atoms.